The summed E-state index contributed by atoms with van der Waals surface area (Å²) in [5.74, 6) is 0. The van der Waals surface area contributed by atoms with Gasteiger partial charge in [0.1, 0.15) is 0 Å². The number of ether oxygens (including phenoxy) is 2. The van der Waals surface area contributed by atoms with E-state index in [1.54, 1.807) is 0 Å². The predicted octanol–water partition coefficient (Wildman–Crippen LogP) is 3.75. The topological polar surface area (TPSA) is 30.5 Å². The molecule has 1 aromatic rings. The van der Waals surface area contributed by atoms with E-state index in [1.165, 1.54) is 6.92 Å². The summed E-state index contributed by atoms with van der Waals surface area (Å²) in [7, 11) is 0. The molecule has 0 aromatic heterocycles. The molecule has 1 aliphatic rings. The first kappa shape index (κ1) is 18.0. The van der Waals surface area contributed by atoms with Crippen LogP contribution in [0.3, 0.4) is 0 Å². The van der Waals surface area contributed by atoms with Gasteiger partial charge in [-0.15, -0.1) is 0 Å². The second kappa shape index (κ2) is 6.66. The van der Waals surface area contributed by atoms with Crippen molar-refractivity contribution < 1.29 is 35.8 Å². The van der Waals surface area contributed by atoms with Gasteiger partial charge >= 0.3 is 12.4 Å². The lowest BCUT2D eigenvalue weighted by molar-refractivity contribution is -0.177. The lowest BCUT2D eigenvalue weighted by atomic mass is 10.0. The van der Waals surface area contributed by atoms with Crippen LogP contribution in [0.4, 0.5) is 26.3 Å². The van der Waals surface area contributed by atoms with E-state index in [9.17, 15) is 26.3 Å². The van der Waals surface area contributed by atoms with Crippen LogP contribution in [-0.4, -0.2) is 26.0 Å². The summed E-state index contributed by atoms with van der Waals surface area (Å²) < 4.78 is 87.5. The number of nitrogens with one attached hydrogen (secondary N) is 1. The quantitative estimate of drug-likeness (QED) is 0.848. The fraction of sp³-hybridized carbons (Fsp3) is 0.571. The van der Waals surface area contributed by atoms with Crippen LogP contribution in [0.15, 0.2) is 18.2 Å². The number of hydrogen-bond acceptors (Lipinski definition) is 3. The molecule has 0 saturated carbocycles. The third kappa shape index (κ3) is 4.82. The molecule has 3 nitrogen and oxygen atoms in total. The minimum Gasteiger partial charge on any atom is -0.350 e. The summed E-state index contributed by atoms with van der Waals surface area (Å²) >= 11 is 0. The van der Waals surface area contributed by atoms with Crippen molar-refractivity contribution in [3.05, 3.63) is 34.9 Å². The zero-order chi connectivity index (χ0) is 17.3. The van der Waals surface area contributed by atoms with Gasteiger partial charge in [0.05, 0.1) is 23.8 Å². The van der Waals surface area contributed by atoms with E-state index >= 15 is 0 Å². The number of morpholine rings is 1. The van der Waals surface area contributed by atoms with Gasteiger partial charge < -0.3 is 14.8 Å². The van der Waals surface area contributed by atoms with Crippen LogP contribution in [-0.2, 0) is 21.8 Å². The number of hydrogen-bond donors (Lipinski definition) is 1. The normalized spacial score (nSPS) is 21.3. The highest BCUT2D eigenvalue weighted by molar-refractivity contribution is 5.34. The van der Waals surface area contributed by atoms with Gasteiger partial charge in [-0.3, -0.25) is 0 Å². The van der Waals surface area contributed by atoms with E-state index in [4.69, 9.17) is 9.47 Å². The van der Waals surface area contributed by atoms with Crippen LogP contribution >= 0.6 is 0 Å². The molecule has 9 heteroatoms. The Kier molecular flexibility index (Phi) is 5.22. The van der Waals surface area contributed by atoms with Crippen molar-refractivity contribution >= 4 is 0 Å². The van der Waals surface area contributed by atoms with Crippen molar-refractivity contribution in [2.24, 2.45) is 0 Å². The molecule has 1 N–H and O–H groups in total. The lowest BCUT2D eigenvalue weighted by Gasteiger charge is -2.27. The van der Waals surface area contributed by atoms with Gasteiger partial charge in [-0.25, -0.2) is 0 Å². The Morgan fingerprint density at radius 2 is 1.65 bits per heavy atom. The molecule has 0 radical (unpaired) electrons. The van der Waals surface area contributed by atoms with Gasteiger partial charge in [-0.05, 0) is 30.7 Å². The van der Waals surface area contributed by atoms with E-state index in [1.807, 2.05) is 0 Å². The SMILES string of the molecule is CC(OC1CNCCO1)c1cc(C(F)(F)F)cc(C(F)(F)F)c1. The Morgan fingerprint density at radius 1 is 1.09 bits per heavy atom. The van der Waals surface area contributed by atoms with E-state index in [0.717, 1.165) is 0 Å². The van der Waals surface area contributed by atoms with Crippen LogP contribution in [0.2, 0.25) is 0 Å². The molecule has 1 aromatic carbocycles. The molecule has 23 heavy (non-hydrogen) atoms. The summed E-state index contributed by atoms with van der Waals surface area (Å²) in [4.78, 5) is 0. The molecule has 1 aliphatic heterocycles. The Hall–Kier alpha value is -1.32. The monoisotopic (exact) mass is 343 g/mol. The van der Waals surface area contributed by atoms with Gasteiger partial charge in [-0.2, -0.15) is 26.3 Å². The molecule has 0 spiro atoms. The van der Waals surface area contributed by atoms with Crippen molar-refractivity contribution in [2.45, 2.75) is 31.7 Å². The zero-order valence-corrected chi connectivity index (χ0v) is 12.1. The fourth-order valence-electron chi connectivity index (χ4n) is 2.15. The predicted molar refractivity (Wildman–Crippen MR) is 68.6 cm³/mol. The maximum atomic E-state index is 12.8. The highest BCUT2D eigenvalue weighted by Gasteiger charge is 2.37. The molecule has 2 rings (SSSR count). The van der Waals surface area contributed by atoms with Crippen molar-refractivity contribution in [1.29, 1.82) is 0 Å². The zero-order valence-electron chi connectivity index (χ0n) is 12.1. The Morgan fingerprint density at radius 3 is 2.09 bits per heavy atom. The maximum Gasteiger partial charge on any atom is 0.416 e. The first-order chi connectivity index (χ1) is 10.6. The number of alkyl halides is 6. The molecule has 0 amide bonds. The minimum atomic E-state index is -4.88. The molecular formula is C14H15F6NO2. The van der Waals surface area contributed by atoms with Crippen LogP contribution < -0.4 is 5.32 Å². The second-order valence-electron chi connectivity index (χ2n) is 5.12. The molecular weight excluding hydrogens is 328 g/mol. The summed E-state index contributed by atoms with van der Waals surface area (Å²) in [6.07, 6.45) is -11.5. The second-order valence-corrected chi connectivity index (χ2v) is 5.12. The molecule has 130 valence electrons. The first-order valence-corrected chi connectivity index (χ1v) is 6.84. The van der Waals surface area contributed by atoms with Crippen LogP contribution in [0.25, 0.3) is 0 Å². The third-order valence-corrected chi connectivity index (χ3v) is 3.33. The van der Waals surface area contributed by atoms with Gasteiger partial charge in [0.25, 0.3) is 0 Å². The average Bonchev–Trinajstić information content (AvgIpc) is 2.46. The fourth-order valence-corrected chi connectivity index (χ4v) is 2.15. The standard InChI is InChI=1S/C14H15F6NO2/c1-8(23-12-7-21-2-3-22-12)9-4-10(13(15,16)17)6-11(5-9)14(18,19)20/h4-6,8,12,21H,2-3,7H2,1H3. The summed E-state index contributed by atoms with van der Waals surface area (Å²) in [5, 5.41) is 2.95. The molecule has 1 fully saturated rings. The van der Waals surface area contributed by atoms with E-state index in [0.29, 0.717) is 31.8 Å². The van der Waals surface area contributed by atoms with Gasteiger partial charge in [0, 0.05) is 13.1 Å². The summed E-state index contributed by atoms with van der Waals surface area (Å²) in [6.45, 7) is 2.66. The first-order valence-electron chi connectivity index (χ1n) is 6.84. The molecule has 1 saturated heterocycles. The third-order valence-electron chi connectivity index (χ3n) is 3.33. The summed E-state index contributed by atoms with van der Waals surface area (Å²) in [6, 6.07) is 1.42. The lowest BCUT2D eigenvalue weighted by Crippen LogP contribution is -2.40. The highest BCUT2D eigenvalue weighted by atomic mass is 19.4. The Bertz CT molecular complexity index is 505. The van der Waals surface area contributed by atoms with Crippen molar-refractivity contribution in [1.82, 2.24) is 5.32 Å². The number of rotatable bonds is 3. The molecule has 1 heterocycles. The average molecular weight is 343 g/mol. The van der Waals surface area contributed by atoms with Crippen molar-refractivity contribution in [3.8, 4) is 0 Å². The number of benzene rings is 1. The number of halogens is 6. The largest absolute Gasteiger partial charge is 0.416 e. The summed E-state index contributed by atoms with van der Waals surface area (Å²) in [5.41, 5.74) is -2.93. The van der Waals surface area contributed by atoms with Crippen LogP contribution in [0, 0.1) is 0 Å². The maximum absolute atomic E-state index is 12.8. The Labute approximate surface area is 128 Å². The molecule has 2 atom stereocenters. The van der Waals surface area contributed by atoms with Crippen LogP contribution in [0.1, 0.15) is 29.7 Å². The van der Waals surface area contributed by atoms with E-state index in [2.05, 4.69) is 5.32 Å². The van der Waals surface area contributed by atoms with Gasteiger partial charge in [0.15, 0.2) is 6.29 Å². The van der Waals surface area contributed by atoms with Gasteiger partial charge in [-0.1, -0.05) is 0 Å². The molecule has 2 unspecified atom stereocenters. The molecule has 0 bridgehead atoms. The highest BCUT2D eigenvalue weighted by Crippen LogP contribution is 2.38. The smallest absolute Gasteiger partial charge is 0.350 e. The minimum absolute atomic E-state index is 0.0921. The Balaban J connectivity index is 2.28. The van der Waals surface area contributed by atoms with Crippen LogP contribution in [0.5, 0.6) is 0 Å². The van der Waals surface area contributed by atoms with Gasteiger partial charge in [0.2, 0.25) is 0 Å². The van der Waals surface area contributed by atoms with E-state index in [-0.39, 0.29) is 11.6 Å². The van der Waals surface area contributed by atoms with Crippen molar-refractivity contribution in [3.63, 3.8) is 0 Å². The van der Waals surface area contributed by atoms with E-state index < -0.39 is 35.9 Å². The molecule has 0 aliphatic carbocycles. The van der Waals surface area contributed by atoms with Crippen molar-refractivity contribution in [2.75, 3.05) is 19.7 Å².